The third-order valence-corrected chi connectivity index (χ3v) is 6.98. The summed E-state index contributed by atoms with van der Waals surface area (Å²) in [6, 6.07) is 6.80. The molecular weight excluding hydrogens is 439 g/mol. The molecule has 0 unspecified atom stereocenters. The summed E-state index contributed by atoms with van der Waals surface area (Å²) < 4.78 is 21.6. The number of carboxylic acids is 1. The first-order chi connectivity index (χ1) is 16.2. The second-order valence-corrected chi connectivity index (χ2v) is 9.38. The second kappa shape index (κ2) is 8.09. The molecule has 5 rings (SSSR count). The number of aromatic amines is 1. The Labute approximate surface area is 195 Å². The van der Waals surface area contributed by atoms with Crippen LogP contribution in [0.4, 0.5) is 4.39 Å². The maximum absolute atomic E-state index is 14.2. The molecule has 1 aliphatic rings. The third kappa shape index (κ3) is 3.42. The highest BCUT2D eigenvalue weighted by Gasteiger charge is 2.42. The fraction of sp³-hybridized carbons (Fsp3) is 0.400. The first-order valence-corrected chi connectivity index (χ1v) is 11.4. The zero-order valence-corrected chi connectivity index (χ0v) is 19.3. The maximum atomic E-state index is 14.2. The van der Waals surface area contributed by atoms with Crippen LogP contribution in [0.15, 0.2) is 30.5 Å². The van der Waals surface area contributed by atoms with E-state index in [1.807, 2.05) is 6.07 Å². The number of aliphatic hydroxyl groups is 1. The highest BCUT2D eigenvalue weighted by atomic mass is 19.1. The van der Waals surface area contributed by atoms with E-state index < -0.39 is 17.4 Å². The van der Waals surface area contributed by atoms with Crippen molar-refractivity contribution in [2.24, 2.45) is 0 Å². The van der Waals surface area contributed by atoms with Gasteiger partial charge in [-0.1, -0.05) is 13.8 Å². The standard InChI is InChI=1S/C25H27FN4O4/c1-13(2)22-20(14-6-8-25(33,9-7-14)24(31)32)21-18(10-15-12-27-29-23(15)28-21)30(22)16-4-5-17(26)19(11-16)34-3/h4-5,10-14,33H,6-9H2,1-3H3,(H,31,32)(H,27,28,29)/t14-,25+. The van der Waals surface area contributed by atoms with Gasteiger partial charge in [-0.15, -0.1) is 0 Å². The molecule has 0 spiro atoms. The average molecular weight is 467 g/mol. The van der Waals surface area contributed by atoms with E-state index in [-0.39, 0.29) is 30.4 Å². The summed E-state index contributed by atoms with van der Waals surface area (Å²) in [6.07, 6.45) is 3.11. The van der Waals surface area contributed by atoms with Crippen molar-refractivity contribution in [1.82, 2.24) is 19.7 Å². The van der Waals surface area contributed by atoms with Gasteiger partial charge in [0.15, 0.2) is 22.8 Å². The van der Waals surface area contributed by atoms with Crippen LogP contribution in [0.1, 0.15) is 62.6 Å². The molecule has 0 atom stereocenters. The number of H-pyrrole nitrogens is 1. The van der Waals surface area contributed by atoms with Gasteiger partial charge < -0.3 is 19.5 Å². The molecule has 3 heterocycles. The zero-order chi connectivity index (χ0) is 24.2. The van der Waals surface area contributed by atoms with Crippen LogP contribution in [-0.2, 0) is 4.79 Å². The summed E-state index contributed by atoms with van der Waals surface area (Å²) in [6.45, 7) is 4.19. The topological polar surface area (TPSA) is 113 Å². The minimum Gasteiger partial charge on any atom is -0.494 e. The number of hydrogen-bond donors (Lipinski definition) is 3. The van der Waals surface area contributed by atoms with Crippen molar-refractivity contribution in [3.8, 4) is 11.4 Å². The van der Waals surface area contributed by atoms with Crippen LogP contribution >= 0.6 is 0 Å². The smallest absolute Gasteiger partial charge is 0.335 e. The summed E-state index contributed by atoms with van der Waals surface area (Å²) in [4.78, 5) is 16.5. The number of halogens is 1. The number of nitrogens with zero attached hydrogens (tertiary/aromatic N) is 3. The van der Waals surface area contributed by atoms with Gasteiger partial charge in [0.25, 0.3) is 0 Å². The van der Waals surface area contributed by atoms with Gasteiger partial charge in [-0.2, -0.15) is 5.10 Å². The number of nitrogens with one attached hydrogen (secondary N) is 1. The van der Waals surface area contributed by atoms with E-state index in [2.05, 4.69) is 28.6 Å². The molecule has 9 heteroatoms. The van der Waals surface area contributed by atoms with Crippen molar-refractivity contribution < 1.29 is 24.1 Å². The van der Waals surface area contributed by atoms with Crippen LogP contribution < -0.4 is 4.74 Å². The van der Waals surface area contributed by atoms with Crippen LogP contribution in [0, 0.1) is 5.82 Å². The molecule has 0 saturated heterocycles. The molecule has 178 valence electrons. The van der Waals surface area contributed by atoms with Gasteiger partial charge >= 0.3 is 5.97 Å². The minimum atomic E-state index is -1.69. The lowest BCUT2D eigenvalue weighted by atomic mass is 9.75. The summed E-state index contributed by atoms with van der Waals surface area (Å²) in [5.41, 5.74) is 3.45. The van der Waals surface area contributed by atoms with E-state index >= 15 is 0 Å². The van der Waals surface area contributed by atoms with Gasteiger partial charge in [0, 0.05) is 28.4 Å². The Morgan fingerprint density at radius 2 is 2.03 bits per heavy atom. The molecule has 3 aromatic heterocycles. The summed E-state index contributed by atoms with van der Waals surface area (Å²) in [7, 11) is 1.44. The van der Waals surface area contributed by atoms with E-state index in [1.54, 1.807) is 18.3 Å². The summed E-state index contributed by atoms with van der Waals surface area (Å²) in [5, 5.41) is 27.9. The van der Waals surface area contributed by atoms with E-state index in [4.69, 9.17) is 9.72 Å². The van der Waals surface area contributed by atoms with Crippen molar-refractivity contribution in [1.29, 1.82) is 0 Å². The van der Waals surface area contributed by atoms with Crippen molar-refractivity contribution in [3.05, 3.63) is 47.5 Å². The molecule has 1 fully saturated rings. The Hall–Kier alpha value is -3.46. The Kier molecular flexibility index (Phi) is 5.31. The van der Waals surface area contributed by atoms with Crippen LogP contribution in [0.3, 0.4) is 0 Å². The number of methoxy groups -OCH3 is 1. The van der Waals surface area contributed by atoms with Gasteiger partial charge in [0.1, 0.15) is 0 Å². The van der Waals surface area contributed by atoms with Gasteiger partial charge in [-0.25, -0.2) is 14.2 Å². The molecule has 0 radical (unpaired) electrons. The molecule has 8 nitrogen and oxygen atoms in total. The number of hydrogen-bond acceptors (Lipinski definition) is 5. The molecule has 1 aromatic carbocycles. The zero-order valence-electron chi connectivity index (χ0n) is 19.3. The van der Waals surface area contributed by atoms with Crippen molar-refractivity contribution in [3.63, 3.8) is 0 Å². The SMILES string of the molecule is COc1cc(-n2c(C(C)C)c([C@H]3CC[C@](O)(C(=O)O)CC3)c3nc4[nH]ncc4cc32)ccc1F. The number of aromatic nitrogens is 4. The van der Waals surface area contributed by atoms with Gasteiger partial charge in [0.2, 0.25) is 0 Å². The predicted octanol–water partition coefficient (Wildman–Crippen LogP) is 4.65. The van der Waals surface area contributed by atoms with Crippen LogP contribution in [0.25, 0.3) is 27.8 Å². The fourth-order valence-corrected chi connectivity index (χ4v) is 5.24. The van der Waals surface area contributed by atoms with Gasteiger partial charge in [-0.05, 0) is 55.7 Å². The van der Waals surface area contributed by atoms with E-state index in [9.17, 15) is 19.4 Å². The van der Waals surface area contributed by atoms with Crippen molar-refractivity contribution in [2.45, 2.75) is 57.0 Å². The number of rotatable bonds is 5. The van der Waals surface area contributed by atoms with Gasteiger partial charge in [0.05, 0.1) is 24.3 Å². The lowest BCUT2D eigenvalue weighted by Crippen LogP contribution is -2.41. The van der Waals surface area contributed by atoms with Crippen LogP contribution in [0.5, 0.6) is 5.75 Å². The largest absolute Gasteiger partial charge is 0.494 e. The van der Waals surface area contributed by atoms with Crippen molar-refractivity contribution >= 4 is 28.0 Å². The molecule has 3 N–H and O–H groups in total. The molecule has 4 aromatic rings. The second-order valence-electron chi connectivity index (χ2n) is 9.38. The Balaban J connectivity index is 1.77. The molecule has 0 bridgehead atoms. The van der Waals surface area contributed by atoms with Gasteiger partial charge in [-0.3, -0.25) is 5.10 Å². The van der Waals surface area contributed by atoms with E-state index in [0.717, 1.165) is 33.4 Å². The number of pyridine rings is 1. The van der Waals surface area contributed by atoms with E-state index in [1.165, 1.54) is 13.2 Å². The number of carboxylic acid groups (broad SMARTS) is 1. The highest BCUT2D eigenvalue weighted by molar-refractivity contribution is 5.93. The first kappa shape index (κ1) is 22.3. The highest BCUT2D eigenvalue weighted by Crippen LogP contribution is 2.46. The number of aliphatic carboxylic acids is 1. The number of ether oxygens (including phenoxy) is 1. The number of benzene rings is 1. The third-order valence-electron chi connectivity index (χ3n) is 6.98. The lowest BCUT2D eigenvalue weighted by molar-refractivity contribution is -0.162. The molecule has 34 heavy (non-hydrogen) atoms. The Morgan fingerprint density at radius 1 is 1.29 bits per heavy atom. The van der Waals surface area contributed by atoms with Crippen LogP contribution in [0.2, 0.25) is 0 Å². The molecular formula is C25H27FN4O4. The monoisotopic (exact) mass is 466 g/mol. The predicted molar refractivity (Wildman–Crippen MR) is 125 cm³/mol. The maximum Gasteiger partial charge on any atom is 0.335 e. The summed E-state index contributed by atoms with van der Waals surface area (Å²) in [5.74, 6) is -1.34. The molecule has 0 aliphatic heterocycles. The quantitative estimate of drug-likeness (QED) is 0.395. The first-order valence-electron chi connectivity index (χ1n) is 11.4. The number of carbonyl (C=O) groups is 1. The Morgan fingerprint density at radius 3 is 2.68 bits per heavy atom. The van der Waals surface area contributed by atoms with E-state index in [0.29, 0.717) is 18.5 Å². The normalized spacial score (nSPS) is 20.9. The lowest BCUT2D eigenvalue weighted by Gasteiger charge is -2.33. The molecule has 0 amide bonds. The fourth-order valence-electron chi connectivity index (χ4n) is 5.24. The van der Waals surface area contributed by atoms with Crippen molar-refractivity contribution in [2.75, 3.05) is 7.11 Å². The van der Waals surface area contributed by atoms with Crippen LogP contribution in [-0.4, -0.2) is 48.6 Å². The summed E-state index contributed by atoms with van der Waals surface area (Å²) >= 11 is 0. The number of fused-ring (bicyclic) bond motifs is 2. The molecule has 1 saturated carbocycles. The average Bonchev–Trinajstić information content (AvgIpc) is 3.40. The Bertz CT molecular complexity index is 1400. The minimum absolute atomic E-state index is 0.0241. The molecule has 1 aliphatic carbocycles.